The van der Waals surface area contributed by atoms with Crippen LogP contribution in [0.4, 0.5) is 0 Å². The Bertz CT molecular complexity index is 810. The summed E-state index contributed by atoms with van der Waals surface area (Å²) in [6.45, 7) is 0. The number of carbonyl (C=O) groups excluding carboxylic acids is 2. The molecule has 0 radical (unpaired) electrons. The summed E-state index contributed by atoms with van der Waals surface area (Å²) in [5, 5.41) is 7.81. The first-order chi connectivity index (χ1) is 10.7. The van der Waals surface area contributed by atoms with Gasteiger partial charge in [-0.05, 0) is 24.3 Å². The molecule has 0 N–H and O–H groups in total. The van der Waals surface area contributed by atoms with Gasteiger partial charge < -0.3 is 9.47 Å². The van der Waals surface area contributed by atoms with Crippen molar-refractivity contribution in [2.45, 2.75) is 0 Å². The minimum atomic E-state index is -0.592. The Morgan fingerprint density at radius 2 is 1.05 bits per heavy atom. The van der Waals surface area contributed by atoms with Gasteiger partial charge in [-0.15, -0.1) is 10.2 Å². The van der Waals surface area contributed by atoms with Gasteiger partial charge in [0.2, 0.25) is 0 Å². The largest absolute Gasteiger partial charge is 0.421 e. The molecule has 0 saturated heterocycles. The molecule has 0 spiro atoms. The molecule has 0 fully saturated rings. The van der Waals surface area contributed by atoms with Crippen molar-refractivity contribution in [1.82, 2.24) is 0 Å². The number of carbonyl (C=O) groups is 2. The van der Waals surface area contributed by atoms with Crippen molar-refractivity contribution >= 4 is 23.4 Å². The van der Waals surface area contributed by atoms with Crippen molar-refractivity contribution in [1.29, 1.82) is 0 Å². The van der Waals surface area contributed by atoms with Gasteiger partial charge in [-0.25, -0.2) is 9.59 Å². The minimum absolute atomic E-state index is 0.0697. The normalized spacial score (nSPS) is 19.1. The molecule has 2 aromatic rings. The van der Waals surface area contributed by atoms with Gasteiger partial charge in [-0.2, -0.15) is 0 Å². The molecule has 6 heteroatoms. The molecule has 2 aliphatic heterocycles. The number of benzene rings is 2. The molecule has 6 nitrogen and oxygen atoms in total. The molecule has 2 heterocycles. The Hall–Kier alpha value is -3.28. The standard InChI is InChI=1S/C16H8N2O4/c19-15-13(9-5-1-3-7-11(9)21-15)17-18-14-10-6-2-4-8-12(10)22-16(14)20/h1-8H. The van der Waals surface area contributed by atoms with Crippen LogP contribution in [-0.2, 0) is 9.59 Å². The SMILES string of the molecule is O=C1Oc2ccccc2C1=NN=C1C(=O)Oc2ccccc21. The number of rotatable bonds is 1. The zero-order valence-corrected chi connectivity index (χ0v) is 11.1. The summed E-state index contributed by atoms with van der Waals surface area (Å²) in [6, 6.07) is 13.8. The van der Waals surface area contributed by atoms with Gasteiger partial charge in [-0.1, -0.05) is 24.3 Å². The summed E-state index contributed by atoms with van der Waals surface area (Å²) >= 11 is 0. The van der Waals surface area contributed by atoms with E-state index in [0.717, 1.165) is 0 Å². The monoisotopic (exact) mass is 292 g/mol. The molecule has 0 aromatic heterocycles. The number of fused-ring (bicyclic) bond motifs is 2. The van der Waals surface area contributed by atoms with Crippen LogP contribution in [0, 0.1) is 0 Å². The van der Waals surface area contributed by atoms with Crippen LogP contribution in [0.1, 0.15) is 11.1 Å². The molecule has 0 bridgehead atoms. The highest BCUT2D eigenvalue weighted by molar-refractivity contribution is 6.48. The number of nitrogens with zero attached hydrogens (tertiary/aromatic N) is 2. The number of hydrogen-bond acceptors (Lipinski definition) is 6. The molecular formula is C16H8N2O4. The average molecular weight is 292 g/mol. The quantitative estimate of drug-likeness (QED) is 0.455. The lowest BCUT2D eigenvalue weighted by atomic mass is 10.1. The maximum atomic E-state index is 11.8. The van der Waals surface area contributed by atoms with Crippen LogP contribution < -0.4 is 9.47 Å². The van der Waals surface area contributed by atoms with Crippen molar-refractivity contribution in [2.24, 2.45) is 10.2 Å². The van der Waals surface area contributed by atoms with Gasteiger partial charge in [0, 0.05) is 0 Å². The Morgan fingerprint density at radius 1 is 0.636 bits per heavy atom. The van der Waals surface area contributed by atoms with E-state index in [4.69, 9.17) is 9.47 Å². The zero-order valence-electron chi connectivity index (χ0n) is 11.1. The molecule has 0 unspecified atom stereocenters. The second kappa shape index (κ2) is 4.63. The van der Waals surface area contributed by atoms with Crippen molar-refractivity contribution in [3.05, 3.63) is 59.7 Å². The highest BCUT2D eigenvalue weighted by Gasteiger charge is 2.31. The Kier molecular flexibility index (Phi) is 2.62. The summed E-state index contributed by atoms with van der Waals surface area (Å²) in [5.41, 5.74) is 1.24. The smallest absolute Gasteiger partial charge is 0.365 e. The molecule has 0 atom stereocenters. The van der Waals surface area contributed by atoms with E-state index >= 15 is 0 Å². The van der Waals surface area contributed by atoms with E-state index in [-0.39, 0.29) is 11.4 Å². The summed E-state index contributed by atoms with van der Waals surface area (Å²) in [7, 11) is 0. The van der Waals surface area contributed by atoms with E-state index in [0.29, 0.717) is 22.6 Å². The molecule has 22 heavy (non-hydrogen) atoms. The second-order valence-corrected chi connectivity index (χ2v) is 4.67. The lowest BCUT2D eigenvalue weighted by Gasteiger charge is -1.93. The van der Waals surface area contributed by atoms with Gasteiger partial charge in [0.05, 0.1) is 11.1 Å². The lowest BCUT2D eigenvalue weighted by molar-refractivity contribution is -0.127. The molecular weight excluding hydrogens is 284 g/mol. The Labute approximate surface area is 124 Å². The molecule has 0 amide bonds. The lowest BCUT2D eigenvalue weighted by Crippen LogP contribution is -2.15. The van der Waals surface area contributed by atoms with Crippen molar-refractivity contribution < 1.29 is 19.1 Å². The van der Waals surface area contributed by atoms with Crippen LogP contribution in [0.5, 0.6) is 11.5 Å². The minimum Gasteiger partial charge on any atom is -0.421 e. The summed E-state index contributed by atoms with van der Waals surface area (Å²) < 4.78 is 10.2. The predicted molar refractivity (Wildman–Crippen MR) is 77.2 cm³/mol. The van der Waals surface area contributed by atoms with E-state index in [1.54, 1.807) is 48.5 Å². The fourth-order valence-electron chi connectivity index (χ4n) is 2.31. The first-order valence-corrected chi connectivity index (χ1v) is 6.53. The summed E-state index contributed by atoms with van der Waals surface area (Å²) in [5.74, 6) is -0.322. The fraction of sp³-hybridized carbons (Fsp3) is 0. The third-order valence-electron chi connectivity index (χ3n) is 3.33. The van der Waals surface area contributed by atoms with Crippen molar-refractivity contribution in [3.8, 4) is 11.5 Å². The third kappa shape index (κ3) is 1.81. The zero-order chi connectivity index (χ0) is 15.1. The average Bonchev–Trinajstić information content (AvgIpc) is 3.01. The van der Waals surface area contributed by atoms with Crippen LogP contribution in [0.3, 0.4) is 0 Å². The molecule has 4 rings (SSSR count). The number of esters is 2. The van der Waals surface area contributed by atoms with E-state index in [1.807, 2.05) is 0 Å². The van der Waals surface area contributed by atoms with Crippen LogP contribution in [-0.4, -0.2) is 23.4 Å². The van der Waals surface area contributed by atoms with Crippen LogP contribution in [0.25, 0.3) is 0 Å². The highest BCUT2D eigenvalue weighted by Crippen LogP contribution is 2.28. The summed E-state index contributed by atoms with van der Waals surface area (Å²) in [4.78, 5) is 23.6. The van der Waals surface area contributed by atoms with Gasteiger partial charge in [0.25, 0.3) is 0 Å². The predicted octanol–water partition coefficient (Wildman–Crippen LogP) is 1.72. The molecule has 0 saturated carbocycles. The van der Waals surface area contributed by atoms with E-state index in [1.165, 1.54) is 0 Å². The molecule has 0 aliphatic carbocycles. The maximum absolute atomic E-state index is 11.8. The second-order valence-electron chi connectivity index (χ2n) is 4.67. The fourth-order valence-corrected chi connectivity index (χ4v) is 2.31. The summed E-state index contributed by atoms with van der Waals surface area (Å²) in [6.07, 6.45) is 0. The number of para-hydroxylation sites is 2. The van der Waals surface area contributed by atoms with E-state index in [9.17, 15) is 9.59 Å². The highest BCUT2D eigenvalue weighted by atomic mass is 16.5. The van der Waals surface area contributed by atoms with E-state index in [2.05, 4.69) is 10.2 Å². The van der Waals surface area contributed by atoms with E-state index < -0.39 is 11.9 Å². The molecule has 2 aromatic carbocycles. The molecule has 2 aliphatic rings. The number of hydrogen-bond donors (Lipinski definition) is 0. The van der Waals surface area contributed by atoms with Gasteiger partial charge >= 0.3 is 11.9 Å². The van der Waals surface area contributed by atoms with Crippen LogP contribution in [0.15, 0.2) is 58.7 Å². The molecule has 106 valence electrons. The third-order valence-corrected chi connectivity index (χ3v) is 3.33. The van der Waals surface area contributed by atoms with Crippen LogP contribution in [0.2, 0.25) is 0 Å². The first-order valence-electron chi connectivity index (χ1n) is 6.53. The topological polar surface area (TPSA) is 77.3 Å². The van der Waals surface area contributed by atoms with Crippen LogP contribution >= 0.6 is 0 Å². The van der Waals surface area contributed by atoms with Crippen molar-refractivity contribution in [3.63, 3.8) is 0 Å². The first kappa shape index (κ1) is 12.5. The van der Waals surface area contributed by atoms with Gasteiger partial charge in [0.15, 0.2) is 11.4 Å². The number of ether oxygens (including phenoxy) is 2. The Balaban J connectivity index is 1.79. The van der Waals surface area contributed by atoms with Gasteiger partial charge in [0.1, 0.15) is 11.5 Å². The van der Waals surface area contributed by atoms with Crippen molar-refractivity contribution in [2.75, 3.05) is 0 Å². The maximum Gasteiger partial charge on any atom is 0.365 e. The Morgan fingerprint density at radius 3 is 1.50 bits per heavy atom. The van der Waals surface area contributed by atoms with Gasteiger partial charge in [-0.3, -0.25) is 0 Å².